The molecule has 0 aromatic heterocycles. The van der Waals surface area contributed by atoms with Crippen molar-refractivity contribution < 1.29 is 4.79 Å². The molecule has 0 aliphatic heterocycles. The Morgan fingerprint density at radius 3 is 2.40 bits per heavy atom. The van der Waals surface area contributed by atoms with Gasteiger partial charge in [0.25, 0.3) is 0 Å². The number of carbonyl (C=O) groups is 1. The summed E-state index contributed by atoms with van der Waals surface area (Å²) in [5.41, 5.74) is 5.74. The Morgan fingerprint density at radius 2 is 1.93 bits per heavy atom. The molecule has 2 N–H and O–H groups in total. The van der Waals surface area contributed by atoms with E-state index in [-0.39, 0.29) is 17.9 Å². The van der Waals surface area contributed by atoms with Crippen LogP contribution in [-0.2, 0) is 4.79 Å². The van der Waals surface area contributed by atoms with Crippen molar-refractivity contribution in [1.82, 2.24) is 4.90 Å². The number of amides is 1. The van der Waals surface area contributed by atoms with Gasteiger partial charge in [0.15, 0.2) is 0 Å². The maximum Gasteiger partial charge on any atom is 0.226 e. The lowest BCUT2D eigenvalue weighted by molar-refractivity contribution is -0.134. The van der Waals surface area contributed by atoms with Crippen molar-refractivity contribution >= 4 is 5.91 Å². The summed E-state index contributed by atoms with van der Waals surface area (Å²) in [5, 5.41) is 0. The Morgan fingerprint density at radius 1 is 1.40 bits per heavy atom. The summed E-state index contributed by atoms with van der Waals surface area (Å²) < 4.78 is 0. The number of hydrogen-bond donors (Lipinski definition) is 1. The molecule has 3 heteroatoms. The molecule has 1 fully saturated rings. The van der Waals surface area contributed by atoms with Gasteiger partial charge < -0.3 is 10.6 Å². The van der Waals surface area contributed by atoms with Gasteiger partial charge in [-0.1, -0.05) is 19.8 Å². The van der Waals surface area contributed by atoms with Crippen LogP contribution in [0.4, 0.5) is 0 Å². The van der Waals surface area contributed by atoms with Crippen molar-refractivity contribution in [2.24, 2.45) is 17.6 Å². The molecule has 0 heterocycles. The molecule has 0 saturated heterocycles. The minimum absolute atomic E-state index is 0.0523. The van der Waals surface area contributed by atoms with Crippen LogP contribution in [0.2, 0.25) is 0 Å². The Labute approximate surface area is 93.0 Å². The van der Waals surface area contributed by atoms with Crippen molar-refractivity contribution in [3.05, 3.63) is 0 Å². The minimum Gasteiger partial charge on any atom is -0.345 e. The lowest BCUT2D eigenvalue weighted by Crippen LogP contribution is -2.41. The second kappa shape index (κ2) is 5.50. The van der Waals surface area contributed by atoms with Crippen LogP contribution in [0, 0.1) is 11.8 Å². The van der Waals surface area contributed by atoms with E-state index in [9.17, 15) is 4.79 Å². The highest BCUT2D eigenvalue weighted by molar-refractivity contribution is 5.78. The van der Waals surface area contributed by atoms with E-state index >= 15 is 0 Å². The molecule has 0 aromatic rings. The molecule has 1 rings (SSSR count). The van der Waals surface area contributed by atoms with E-state index in [1.165, 1.54) is 25.7 Å². The van der Waals surface area contributed by atoms with E-state index < -0.39 is 0 Å². The van der Waals surface area contributed by atoms with Crippen LogP contribution in [0.25, 0.3) is 0 Å². The Kier molecular flexibility index (Phi) is 4.58. The lowest BCUT2D eigenvalue weighted by Gasteiger charge is -2.25. The van der Waals surface area contributed by atoms with Crippen LogP contribution >= 0.6 is 0 Å². The summed E-state index contributed by atoms with van der Waals surface area (Å²) in [6.45, 7) is 4.72. The summed E-state index contributed by atoms with van der Waals surface area (Å²) >= 11 is 0. The van der Waals surface area contributed by atoms with Gasteiger partial charge in [0.1, 0.15) is 0 Å². The fourth-order valence-electron chi connectivity index (χ4n) is 2.24. The molecule has 2 atom stereocenters. The molecule has 15 heavy (non-hydrogen) atoms. The summed E-state index contributed by atoms with van der Waals surface area (Å²) in [6, 6.07) is -0.0523. The predicted molar refractivity (Wildman–Crippen MR) is 62.4 cm³/mol. The highest BCUT2D eigenvalue weighted by Gasteiger charge is 2.24. The fraction of sp³-hybridized carbons (Fsp3) is 0.917. The zero-order chi connectivity index (χ0) is 11.4. The zero-order valence-electron chi connectivity index (χ0n) is 10.2. The molecule has 0 bridgehead atoms. The molecule has 0 aromatic carbocycles. The third kappa shape index (κ3) is 3.49. The number of nitrogens with zero attached hydrogens (tertiary/aromatic N) is 1. The minimum atomic E-state index is -0.0589. The van der Waals surface area contributed by atoms with E-state index in [1.54, 1.807) is 0 Å². The van der Waals surface area contributed by atoms with Gasteiger partial charge in [-0.25, -0.2) is 0 Å². The first-order valence-corrected chi connectivity index (χ1v) is 6.03. The quantitative estimate of drug-likeness (QED) is 0.769. The molecule has 1 aliphatic carbocycles. The first kappa shape index (κ1) is 12.5. The average molecular weight is 212 g/mol. The molecule has 88 valence electrons. The van der Waals surface area contributed by atoms with Gasteiger partial charge in [0, 0.05) is 19.6 Å². The average Bonchev–Trinajstić information content (AvgIpc) is 2.67. The summed E-state index contributed by atoms with van der Waals surface area (Å²) in [7, 11) is 1.90. The second-order valence-electron chi connectivity index (χ2n) is 5.02. The summed E-state index contributed by atoms with van der Waals surface area (Å²) in [6.07, 6.45) is 5.22. The molecule has 3 nitrogen and oxygen atoms in total. The molecule has 1 aliphatic rings. The standard InChI is InChI=1S/C12H24N2O/c1-9(10(2)13)12(15)14(3)8-11-6-4-5-7-11/h9-11H,4-8,13H2,1-3H3. The van der Waals surface area contributed by atoms with Gasteiger partial charge in [0.2, 0.25) is 5.91 Å². The van der Waals surface area contributed by atoms with Gasteiger partial charge >= 0.3 is 0 Å². The van der Waals surface area contributed by atoms with Crippen molar-refractivity contribution in [2.45, 2.75) is 45.6 Å². The first-order chi connectivity index (χ1) is 7.02. The number of hydrogen-bond acceptors (Lipinski definition) is 2. The van der Waals surface area contributed by atoms with Crippen LogP contribution in [0.1, 0.15) is 39.5 Å². The van der Waals surface area contributed by atoms with E-state index in [0.717, 1.165) is 12.5 Å². The van der Waals surface area contributed by atoms with Crippen molar-refractivity contribution in [3.63, 3.8) is 0 Å². The molecular weight excluding hydrogens is 188 g/mol. The van der Waals surface area contributed by atoms with Gasteiger partial charge in [-0.05, 0) is 25.7 Å². The molecule has 1 amide bonds. The Bertz CT molecular complexity index is 210. The largest absolute Gasteiger partial charge is 0.345 e. The third-order valence-corrected chi connectivity index (χ3v) is 3.56. The predicted octanol–water partition coefficient (Wildman–Crippen LogP) is 1.62. The van der Waals surface area contributed by atoms with Crippen LogP contribution in [0.15, 0.2) is 0 Å². The number of nitrogens with two attached hydrogens (primary N) is 1. The number of carbonyl (C=O) groups excluding carboxylic acids is 1. The van der Waals surface area contributed by atoms with Crippen LogP contribution in [-0.4, -0.2) is 30.4 Å². The van der Waals surface area contributed by atoms with E-state index in [1.807, 2.05) is 25.8 Å². The summed E-state index contributed by atoms with van der Waals surface area (Å²) in [5.74, 6) is 0.854. The van der Waals surface area contributed by atoms with E-state index in [2.05, 4.69) is 0 Å². The highest BCUT2D eigenvalue weighted by atomic mass is 16.2. The van der Waals surface area contributed by atoms with Gasteiger partial charge in [-0.15, -0.1) is 0 Å². The van der Waals surface area contributed by atoms with Crippen molar-refractivity contribution in [3.8, 4) is 0 Å². The molecule has 2 unspecified atom stereocenters. The number of rotatable bonds is 4. The highest BCUT2D eigenvalue weighted by Crippen LogP contribution is 2.25. The monoisotopic (exact) mass is 212 g/mol. The van der Waals surface area contributed by atoms with Gasteiger partial charge in [0.05, 0.1) is 5.92 Å². The lowest BCUT2D eigenvalue weighted by atomic mass is 10.0. The third-order valence-electron chi connectivity index (χ3n) is 3.56. The SMILES string of the molecule is CC(N)C(C)C(=O)N(C)CC1CCCC1. The van der Waals surface area contributed by atoms with E-state index in [4.69, 9.17) is 5.73 Å². The Hall–Kier alpha value is -0.570. The zero-order valence-corrected chi connectivity index (χ0v) is 10.2. The van der Waals surface area contributed by atoms with Crippen molar-refractivity contribution in [1.29, 1.82) is 0 Å². The smallest absolute Gasteiger partial charge is 0.226 e. The van der Waals surface area contributed by atoms with Crippen LogP contribution in [0.5, 0.6) is 0 Å². The summed E-state index contributed by atoms with van der Waals surface area (Å²) in [4.78, 5) is 13.8. The van der Waals surface area contributed by atoms with Crippen LogP contribution < -0.4 is 5.73 Å². The van der Waals surface area contributed by atoms with Gasteiger partial charge in [-0.3, -0.25) is 4.79 Å². The van der Waals surface area contributed by atoms with Crippen LogP contribution in [0.3, 0.4) is 0 Å². The molecular formula is C12H24N2O. The first-order valence-electron chi connectivity index (χ1n) is 6.03. The maximum atomic E-state index is 11.9. The molecule has 0 spiro atoms. The molecule has 0 radical (unpaired) electrons. The second-order valence-corrected chi connectivity index (χ2v) is 5.02. The fourth-order valence-corrected chi connectivity index (χ4v) is 2.24. The van der Waals surface area contributed by atoms with E-state index in [0.29, 0.717) is 0 Å². The molecule has 1 saturated carbocycles. The Balaban J connectivity index is 2.38. The van der Waals surface area contributed by atoms with Gasteiger partial charge in [-0.2, -0.15) is 0 Å². The normalized spacial score (nSPS) is 21.3. The van der Waals surface area contributed by atoms with Crippen molar-refractivity contribution in [2.75, 3.05) is 13.6 Å². The maximum absolute atomic E-state index is 11.9. The topological polar surface area (TPSA) is 46.3 Å².